The number of anilines is 1. The lowest BCUT2D eigenvalue weighted by Gasteiger charge is -2.18. The van der Waals surface area contributed by atoms with Crippen LogP contribution in [0.25, 0.3) is 10.9 Å². The molecule has 0 aliphatic heterocycles. The normalized spacial score (nSPS) is 12.3. The highest BCUT2D eigenvalue weighted by molar-refractivity contribution is 7.98. The second-order valence-corrected chi connectivity index (χ2v) is 5.50. The number of hydrogen-bond acceptors (Lipinski definition) is 4. The zero-order valence-corrected chi connectivity index (χ0v) is 12.4. The van der Waals surface area contributed by atoms with Gasteiger partial charge < -0.3 is 10.4 Å². The van der Waals surface area contributed by atoms with Gasteiger partial charge >= 0.3 is 5.97 Å². The Morgan fingerprint density at radius 2 is 2.20 bits per heavy atom. The van der Waals surface area contributed by atoms with Gasteiger partial charge in [0.05, 0.1) is 5.52 Å². The van der Waals surface area contributed by atoms with Crippen molar-refractivity contribution in [3.05, 3.63) is 35.9 Å². The molecule has 1 heterocycles. The summed E-state index contributed by atoms with van der Waals surface area (Å²) in [5, 5.41) is 13.5. The average molecular weight is 290 g/mol. The minimum absolute atomic E-state index is 0.219. The van der Waals surface area contributed by atoms with Gasteiger partial charge in [-0.1, -0.05) is 25.1 Å². The molecule has 1 aromatic heterocycles. The van der Waals surface area contributed by atoms with Gasteiger partial charge in [0.15, 0.2) is 0 Å². The van der Waals surface area contributed by atoms with E-state index in [0.717, 1.165) is 23.1 Å². The zero-order chi connectivity index (χ0) is 14.5. The largest absolute Gasteiger partial charge is 0.478 e. The fourth-order valence-corrected chi connectivity index (χ4v) is 2.77. The second kappa shape index (κ2) is 6.61. The number of carbonyl (C=O) groups is 1. The Balaban J connectivity index is 2.43. The lowest BCUT2D eigenvalue weighted by molar-refractivity contribution is 0.0697. The summed E-state index contributed by atoms with van der Waals surface area (Å²) in [5.74, 6) is 0.422. The SMILES string of the molecule is CCC(CSC)Nc1nc2ccccc2cc1C(=O)O. The van der Waals surface area contributed by atoms with Crippen molar-refractivity contribution in [1.82, 2.24) is 4.98 Å². The van der Waals surface area contributed by atoms with E-state index >= 15 is 0 Å². The molecular weight excluding hydrogens is 272 g/mol. The van der Waals surface area contributed by atoms with Crippen LogP contribution in [-0.4, -0.2) is 34.1 Å². The third kappa shape index (κ3) is 3.22. The van der Waals surface area contributed by atoms with Gasteiger partial charge in [0, 0.05) is 17.2 Å². The molecule has 5 heteroatoms. The molecular formula is C15H18N2O2S. The summed E-state index contributed by atoms with van der Waals surface area (Å²) >= 11 is 1.73. The molecule has 0 bridgehead atoms. The summed E-state index contributed by atoms with van der Waals surface area (Å²) in [7, 11) is 0. The molecule has 1 atom stereocenters. The van der Waals surface area contributed by atoms with E-state index < -0.39 is 5.97 Å². The zero-order valence-electron chi connectivity index (χ0n) is 11.6. The summed E-state index contributed by atoms with van der Waals surface area (Å²) in [6, 6.07) is 9.44. The number of aromatic nitrogens is 1. The van der Waals surface area contributed by atoms with E-state index in [0.29, 0.717) is 5.82 Å². The van der Waals surface area contributed by atoms with Crippen LogP contribution in [0.5, 0.6) is 0 Å². The number of nitrogens with zero attached hydrogens (tertiary/aromatic N) is 1. The van der Waals surface area contributed by atoms with E-state index in [1.54, 1.807) is 17.8 Å². The summed E-state index contributed by atoms with van der Waals surface area (Å²) in [6.07, 6.45) is 2.96. The third-order valence-electron chi connectivity index (χ3n) is 3.16. The monoisotopic (exact) mass is 290 g/mol. The fraction of sp³-hybridized carbons (Fsp3) is 0.333. The second-order valence-electron chi connectivity index (χ2n) is 4.59. The van der Waals surface area contributed by atoms with Crippen molar-refractivity contribution in [2.24, 2.45) is 0 Å². The number of fused-ring (bicyclic) bond motifs is 1. The van der Waals surface area contributed by atoms with Gasteiger partial charge in [-0.25, -0.2) is 9.78 Å². The Morgan fingerprint density at radius 1 is 1.45 bits per heavy atom. The lowest BCUT2D eigenvalue weighted by atomic mass is 10.1. The first kappa shape index (κ1) is 14.7. The summed E-state index contributed by atoms with van der Waals surface area (Å²) in [6.45, 7) is 2.08. The van der Waals surface area contributed by atoms with Crippen molar-refractivity contribution < 1.29 is 9.90 Å². The first-order valence-corrected chi connectivity index (χ1v) is 7.93. The van der Waals surface area contributed by atoms with E-state index in [1.165, 1.54) is 0 Å². The molecule has 0 fully saturated rings. The molecule has 1 unspecified atom stereocenters. The molecule has 2 aromatic rings. The molecule has 0 saturated heterocycles. The number of nitrogens with one attached hydrogen (secondary N) is 1. The third-order valence-corrected chi connectivity index (χ3v) is 3.89. The van der Waals surface area contributed by atoms with Gasteiger partial charge in [0.2, 0.25) is 0 Å². The number of carboxylic acids is 1. The number of carboxylic acid groups (broad SMARTS) is 1. The van der Waals surface area contributed by atoms with Gasteiger partial charge in [-0.05, 0) is 24.8 Å². The van der Waals surface area contributed by atoms with Crippen molar-refractivity contribution in [2.45, 2.75) is 19.4 Å². The number of rotatable bonds is 6. The topological polar surface area (TPSA) is 62.2 Å². The van der Waals surface area contributed by atoms with Crippen LogP contribution in [0.4, 0.5) is 5.82 Å². The maximum absolute atomic E-state index is 11.4. The number of hydrogen-bond donors (Lipinski definition) is 2. The Bertz CT molecular complexity index is 616. The first-order valence-electron chi connectivity index (χ1n) is 6.54. The van der Waals surface area contributed by atoms with Gasteiger partial charge in [-0.15, -0.1) is 0 Å². The van der Waals surface area contributed by atoms with Crippen LogP contribution in [0.15, 0.2) is 30.3 Å². The van der Waals surface area contributed by atoms with E-state index in [9.17, 15) is 9.90 Å². The quantitative estimate of drug-likeness (QED) is 0.852. The number of aromatic carboxylic acids is 1. The Labute approximate surface area is 122 Å². The van der Waals surface area contributed by atoms with E-state index in [-0.39, 0.29) is 11.6 Å². The average Bonchev–Trinajstić information content (AvgIpc) is 2.45. The maximum atomic E-state index is 11.4. The van der Waals surface area contributed by atoms with Crippen LogP contribution < -0.4 is 5.32 Å². The molecule has 0 aliphatic carbocycles. The van der Waals surface area contributed by atoms with Crippen LogP contribution in [-0.2, 0) is 0 Å². The molecule has 2 rings (SSSR count). The van der Waals surface area contributed by atoms with Crippen LogP contribution >= 0.6 is 11.8 Å². The van der Waals surface area contributed by atoms with Crippen molar-refractivity contribution >= 4 is 34.5 Å². The van der Waals surface area contributed by atoms with E-state index in [1.807, 2.05) is 30.5 Å². The van der Waals surface area contributed by atoms with Crippen molar-refractivity contribution in [2.75, 3.05) is 17.3 Å². The predicted molar refractivity (Wildman–Crippen MR) is 84.8 cm³/mol. The molecule has 0 radical (unpaired) electrons. The van der Waals surface area contributed by atoms with Crippen LogP contribution in [0.3, 0.4) is 0 Å². The highest BCUT2D eigenvalue weighted by Crippen LogP contribution is 2.22. The van der Waals surface area contributed by atoms with Crippen molar-refractivity contribution in [1.29, 1.82) is 0 Å². The smallest absolute Gasteiger partial charge is 0.339 e. The number of para-hydroxylation sites is 1. The summed E-state index contributed by atoms with van der Waals surface area (Å²) < 4.78 is 0. The maximum Gasteiger partial charge on any atom is 0.339 e. The molecule has 1 aromatic carbocycles. The van der Waals surface area contributed by atoms with Gasteiger partial charge in [-0.2, -0.15) is 11.8 Å². The van der Waals surface area contributed by atoms with Crippen molar-refractivity contribution in [3.63, 3.8) is 0 Å². The molecule has 0 spiro atoms. The van der Waals surface area contributed by atoms with Gasteiger partial charge in [0.25, 0.3) is 0 Å². The molecule has 20 heavy (non-hydrogen) atoms. The highest BCUT2D eigenvalue weighted by Gasteiger charge is 2.16. The number of thioether (sulfide) groups is 1. The van der Waals surface area contributed by atoms with Crippen LogP contribution in [0, 0.1) is 0 Å². The Hall–Kier alpha value is -1.75. The van der Waals surface area contributed by atoms with Crippen molar-refractivity contribution in [3.8, 4) is 0 Å². The predicted octanol–water partition coefficient (Wildman–Crippen LogP) is 3.49. The molecule has 106 valence electrons. The first-order chi connectivity index (χ1) is 9.65. The standard InChI is InChI=1S/C15H18N2O2S/c1-3-11(9-20-2)16-14-12(15(18)19)8-10-6-4-5-7-13(10)17-14/h4-8,11H,3,9H2,1-2H3,(H,16,17)(H,18,19). The van der Waals surface area contributed by atoms with Crippen LogP contribution in [0.1, 0.15) is 23.7 Å². The minimum atomic E-state index is -0.954. The van der Waals surface area contributed by atoms with E-state index in [2.05, 4.69) is 17.2 Å². The Morgan fingerprint density at radius 3 is 2.85 bits per heavy atom. The fourth-order valence-electron chi connectivity index (χ4n) is 2.05. The molecule has 4 nitrogen and oxygen atoms in total. The molecule has 0 aliphatic rings. The lowest BCUT2D eigenvalue weighted by Crippen LogP contribution is -2.23. The van der Waals surface area contributed by atoms with Crippen LogP contribution in [0.2, 0.25) is 0 Å². The Kier molecular flexibility index (Phi) is 4.84. The van der Waals surface area contributed by atoms with Gasteiger partial charge in [0.1, 0.15) is 11.4 Å². The minimum Gasteiger partial charge on any atom is -0.478 e. The summed E-state index contributed by atoms with van der Waals surface area (Å²) in [5.41, 5.74) is 1.03. The number of benzene rings is 1. The summed E-state index contributed by atoms with van der Waals surface area (Å²) in [4.78, 5) is 15.9. The number of pyridine rings is 1. The molecule has 0 saturated carbocycles. The highest BCUT2D eigenvalue weighted by atomic mass is 32.2. The molecule has 0 amide bonds. The molecule has 2 N–H and O–H groups in total. The van der Waals surface area contributed by atoms with Gasteiger partial charge in [-0.3, -0.25) is 0 Å². The van der Waals surface area contributed by atoms with E-state index in [4.69, 9.17) is 0 Å².